The van der Waals surface area contributed by atoms with Gasteiger partial charge in [-0.3, -0.25) is 4.79 Å². The highest BCUT2D eigenvalue weighted by Gasteiger charge is 2.26. The lowest BCUT2D eigenvalue weighted by atomic mass is 9.90. The summed E-state index contributed by atoms with van der Waals surface area (Å²) in [5, 5.41) is 33.4. The van der Waals surface area contributed by atoms with Crippen molar-refractivity contribution in [3.63, 3.8) is 0 Å². The van der Waals surface area contributed by atoms with E-state index < -0.39 is 22.7 Å². The molecule has 3 aromatic carbocycles. The largest absolute Gasteiger partial charge is 0.504 e. The highest BCUT2D eigenvalue weighted by molar-refractivity contribution is 5.96. The number of hydrogen-bond donors (Lipinski definition) is 3. The van der Waals surface area contributed by atoms with Crippen LogP contribution < -0.4 is 5.43 Å². The van der Waals surface area contributed by atoms with E-state index in [9.17, 15) is 20.1 Å². The molecule has 0 aliphatic rings. The fourth-order valence-electron chi connectivity index (χ4n) is 4.87. The van der Waals surface area contributed by atoms with Crippen LogP contribution in [-0.2, 0) is 6.42 Å². The minimum absolute atomic E-state index is 0.112. The molecule has 0 fully saturated rings. The number of aromatic hydroxyl groups is 3. The molecule has 4 aromatic rings. The highest BCUT2D eigenvalue weighted by Crippen LogP contribution is 2.45. The summed E-state index contributed by atoms with van der Waals surface area (Å²) >= 11 is 0. The quantitative estimate of drug-likeness (QED) is 0.305. The first-order valence-electron chi connectivity index (χ1n) is 11.3. The van der Waals surface area contributed by atoms with E-state index >= 15 is 0 Å². The van der Waals surface area contributed by atoms with Crippen molar-refractivity contribution in [1.29, 1.82) is 0 Å². The summed E-state index contributed by atoms with van der Waals surface area (Å²) in [6, 6.07) is 10.00. The fourth-order valence-corrected chi connectivity index (χ4v) is 4.87. The number of phenolic OH excluding ortho intramolecular Hbond substituents is 3. The molecule has 1 heterocycles. The molecule has 0 spiro atoms. The van der Waals surface area contributed by atoms with Crippen molar-refractivity contribution in [2.24, 2.45) is 5.92 Å². The van der Waals surface area contributed by atoms with Gasteiger partial charge in [0.15, 0.2) is 11.5 Å². The van der Waals surface area contributed by atoms with Gasteiger partial charge in [0, 0.05) is 5.56 Å². The Kier molecular flexibility index (Phi) is 5.61. The number of rotatable bonds is 4. The van der Waals surface area contributed by atoms with Crippen LogP contribution in [0.15, 0.2) is 39.5 Å². The fraction of sp³-hybridized carbons (Fsp3) is 0.321. The summed E-state index contributed by atoms with van der Waals surface area (Å²) in [5.74, 6) is -0.936. The zero-order chi connectivity index (χ0) is 24.2. The predicted molar refractivity (Wildman–Crippen MR) is 133 cm³/mol. The predicted octanol–water partition coefficient (Wildman–Crippen LogP) is 6.67. The SMILES string of the molecule is Cc1ccc2cc(-c3c(C)oc4c(CC(C)C)c(O)c(O)c(O)c4c3=O)ccc2c1C(C)C. The van der Waals surface area contributed by atoms with Crippen molar-refractivity contribution >= 4 is 21.7 Å². The molecule has 0 aliphatic carbocycles. The smallest absolute Gasteiger partial charge is 0.204 e. The second-order valence-electron chi connectivity index (χ2n) is 9.58. The van der Waals surface area contributed by atoms with E-state index in [1.807, 2.05) is 38.1 Å². The van der Waals surface area contributed by atoms with E-state index in [0.717, 1.165) is 10.8 Å². The Labute approximate surface area is 192 Å². The molecule has 172 valence electrons. The Morgan fingerprint density at radius 2 is 1.61 bits per heavy atom. The minimum atomic E-state index is -0.698. The molecule has 3 N–H and O–H groups in total. The minimum Gasteiger partial charge on any atom is -0.504 e. The van der Waals surface area contributed by atoms with Gasteiger partial charge in [-0.25, -0.2) is 0 Å². The van der Waals surface area contributed by atoms with E-state index in [-0.39, 0.29) is 16.9 Å². The third-order valence-corrected chi connectivity index (χ3v) is 6.29. The van der Waals surface area contributed by atoms with Gasteiger partial charge in [0.1, 0.15) is 16.7 Å². The maximum absolute atomic E-state index is 13.6. The van der Waals surface area contributed by atoms with Crippen molar-refractivity contribution in [2.75, 3.05) is 0 Å². The van der Waals surface area contributed by atoms with Crippen molar-refractivity contribution in [2.45, 2.75) is 53.9 Å². The average Bonchev–Trinajstić information content (AvgIpc) is 2.74. The number of fused-ring (bicyclic) bond motifs is 2. The molecule has 0 saturated heterocycles. The third-order valence-electron chi connectivity index (χ3n) is 6.29. The summed E-state index contributed by atoms with van der Waals surface area (Å²) in [6.07, 6.45) is 0.380. The van der Waals surface area contributed by atoms with Crippen LogP contribution in [0.3, 0.4) is 0 Å². The molecule has 1 aromatic heterocycles. The first kappa shape index (κ1) is 22.7. The second kappa shape index (κ2) is 8.14. The topological polar surface area (TPSA) is 90.9 Å². The Hall–Kier alpha value is -3.47. The van der Waals surface area contributed by atoms with Gasteiger partial charge < -0.3 is 19.7 Å². The third kappa shape index (κ3) is 3.62. The van der Waals surface area contributed by atoms with Crippen LogP contribution in [0.5, 0.6) is 17.2 Å². The monoisotopic (exact) mass is 446 g/mol. The number of phenols is 3. The van der Waals surface area contributed by atoms with Gasteiger partial charge in [0.05, 0.1) is 5.56 Å². The summed E-state index contributed by atoms with van der Waals surface area (Å²) in [4.78, 5) is 13.6. The summed E-state index contributed by atoms with van der Waals surface area (Å²) in [7, 11) is 0. The molecule has 5 nitrogen and oxygen atoms in total. The van der Waals surface area contributed by atoms with Crippen LogP contribution in [0.25, 0.3) is 32.9 Å². The first-order chi connectivity index (χ1) is 15.5. The Bertz CT molecular complexity index is 1460. The van der Waals surface area contributed by atoms with Crippen LogP contribution in [0.2, 0.25) is 0 Å². The molecular weight excluding hydrogens is 416 g/mol. The van der Waals surface area contributed by atoms with Crippen molar-refractivity contribution in [3.05, 3.63) is 63.0 Å². The Balaban J connectivity index is 2.04. The van der Waals surface area contributed by atoms with Gasteiger partial charge in [-0.1, -0.05) is 52.0 Å². The van der Waals surface area contributed by atoms with Crippen molar-refractivity contribution in [1.82, 2.24) is 0 Å². The van der Waals surface area contributed by atoms with Gasteiger partial charge >= 0.3 is 0 Å². The molecule has 0 atom stereocenters. The second-order valence-corrected chi connectivity index (χ2v) is 9.58. The van der Waals surface area contributed by atoms with Crippen LogP contribution in [0.4, 0.5) is 0 Å². The molecule has 4 rings (SSSR count). The maximum Gasteiger partial charge on any atom is 0.204 e. The number of benzene rings is 3. The summed E-state index contributed by atoms with van der Waals surface area (Å²) in [5.41, 5.74) is 3.49. The van der Waals surface area contributed by atoms with Gasteiger partial charge in [-0.2, -0.15) is 0 Å². The normalized spacial score (nSPS) is 11.9. The van der Waals surface area contributed by atoms with Gasteiger partial charge in [-0.15, -0.1) is 0 Å². The van der Waals surface area contributed by atoms with Crippen LogP contribution in [-0.4, -0.2) is 15.3 Å². The first-order valence-corrected chi connectivity index (χ1v) is 11.3. The number of aryl methyl sites for hydroxylation is 2. The molecule has 0 aliphatic heterocycles. The van der Waals surface area contributed by atoms with E-state index in [2.05, 4.69) is 26.8 Å². The molecular formula is C28H30O5. The lowest BCUT2D eigenvalue weighted by Gasteiger charge is -2.17. The number of hydrogen-bond acceptors (Lipinski definition) is 5. The van der Waals surface area contributed by atoms with Crippen molar-refractivity contribution in [3.8, 4) is 28.4 Å². The standard InChI is InChI=1S/C28H30O5/c1-13(2)11-20-24(29)27(32)26(31)23-25(30)22(16(6)33-28(20)23)18-9-10-19-17(12-18)8-7-15(5)21(19)14(3)4/h7-10,12-14,29,31-32H,11H2,1-6H3. The molecule has 33 heavy (non-hydrogen) atoms. The molecule has 0 bridgehead atoms. The summed E-state index contributed by atoms with van der Waals surface area (Å²) in [6.45, 7) is 12.0. The molecule has 5 heteroatoms. The van der Waals surface area contributed by atoms with Crippen LogP contribution >= 0.6 is 0 Å². The Morgan fingerprint density at radius 3 is 2.24 bits per heavy atom. The molecule has 0 unspecified atom stereocenters. The summed E-state index contributed by atoms with van der Waals surface area (Å²) < 4.78 is 6.04. The van der Waals surface area contributed by atoms with Gasteiger partial charge in [0.25, 0.3) is 0 Å². The van der Waals surface area contributed by atoms with Crippen LogP contribution in [0.1, 0.15) is 56.1 Å². The van der Waals surface area contributed by atoms with E-state index in [4.69, 9.17) is 4.42 Å². The van der Waals surface area contributed by atoms with Gasteiger partial charge in [0.2, 0.25) is 11.2 Å². The van der Waals surface area contributed by atoms with Crippen LogP contribution in [0, 0.1) is 19.8 Å². The molecule has 0 saturated carbocycles. The molecule has 0 amide bonds. The highest BCUT2D eigenvalue weighted by atomic mass is 16.3. The lowest BCUT2D eigenvalue weighted by Crippen LogP contribution is -2.10. The van der Waals surface area contributed by atoms with Gasteiger partial charge in [-0.05, 0) is 65.6 Å². The lowest BCUT2D eigenvalue weighted by molar-refractivity contribution is 0.365. The zero-order valence-electron chi connectivity index (χ0n) is 19.9. The van der Waals surface area contributed by atoms with E-state index in [1.54, 1.807) is 6.92 Å². The average molecular weight is 447 g/mol. The van der Waals surface area contributed by atoms with E-state index in [1.165, 1.54) is 11.1 Å². The molecule has 0 radical (unpaired) electrons. The van der Waals surface area contributed by atoms with Crippen molar-refractivity contribution < 1.29 is 19.7 Å². The maximum atomic E-state index is 13.6. The zero-order valence-corrected chi connectivity index (χ0v) is 19.9. The Morgan fingerprint density at radius 1 is 0.909 bits per heavy atom. The van der Waals surface area contributed by atoms with E-state index in [0.29, 0.717) is 34.8 Å².